The molecule has 0 N–H and O–H groups in total. The third kappa shape index (κ3) is 3.56. The summed E-state index contributed by atoms with van der Waals surface area (Å²) in [6.45, 7) is 1.21. The van der Waals surface area contributed by atoms with Gasteiger partial charge in [0.1, 0.15) is 6.61 Å². The van der Waals surface area contributed by atoms with Gasteiger partial charge < -0.3 is 9.64 Å². The van der Waals surface area contributed by atoms with Crippen LogP contribution in [0.3, 0.4) is 0 Å². The number of esters is 1. The highest BCUT2D eigenvalue weighted by Crippen LogP contribution is 2.30. The molecule has 25 heavy (non-hydrogen) atoms. The van der Waals surface area contributed by atoms with Gasteiger partial charge in [-0.25, -0.2) is 0 Å². The number of nitrogens with zero attached hydrogens (tertiary/aromatic N) is 2. The molecule has 3 rings (SSSR count). The minimum absolute atomic E-state index is 0.101. The predicted octanol–water partition coefficient (Wildman–Crippen LogP) is 3.09. The number of carbonyl (C=O) groups excluding carboxylic acids is 2. The Morgan fingerprint density at radius 2 is 1.96 bits per heavy atom. The third-order valence-electron chi connectivity index (χ3n) is 3.97. The highest BCUT2D eigenvalue weighted by Gasteiger charge is 2.30. The zero-order chi connectivity index (χ0) is 18.0. The Morgan fingerprint density at radius 1 is 1.24 bits per heavy atom. The zero-order valence-corrected chi connectivity index (χ0v) is 14.7. The van der Waals surface area contributed by atoms with Crippen molar-refractivity contribution in [2.24, 2.45) is 4.99 Å². The number of fused-ring (bicyclic) bond motifs is 1. The van der Waals surface area contributed by atoms with E-state index in [1.807, 2.05) is 30.3 Å². The molecule has 128 valence electrons. The number of rotatable bonds is 3. The number of aliphatic imine (C=N–C) groups is 1. The van der Waals surface area contributed by atoms with Crippen molar-refractivity contribution in [1.82, 2.24) is 0 Å². The minimum Gasteiger partial charge on any atom is -0.463 e. The first-order valence-corrected chi connectivity index (χ1v) is 8.19. The highest BCUT2D eigenvalue weighted by atomic mass is 35.5. The minimum atomic E-state index is -0.810. The topological polar surface area (TPSA) is 59.0 Å². The Kier molecular flexibility index (Phi) is 4.86. The first-order valence-electron chi connectivity index (χ1n) is 7.81. The molecule has 2 aromatic rings. The van der Waals surface area contributed by atoms with Crippen LogP contribution >= 0.6 is 11.6 Å². The molecule has 5 nitrogen and oxygen atoms in total. The molecule has 0 aliphatic carbocycles. The summed E-state index contributed by atoms with van der Waals surface area (Å²) in [5.74, 6) is -0.688. The standard InChI is InChI=1S/C19H17ClN2O3/c1-12(23)25-11-16-19(24)22(2)17-9-8-14(20)10-15(17)18(21-16)13-6-4-3-5-7-13/h3-10,16H,11H2,1-2H3. The summed E-state index contributed by atoms with van der Waals surface area (Å²) in [7, 11) is 1.68. The molecular formula is C19H17ClN2O3. The lowest BCUT2D eigenvalue weighted by atomic mass is 10.0. The van der Waals surface area contributed by atoms with E-state index in [-0.39, 0.29) is 12.5 Å². The molecule has 0 spiro atoms. The molecule has 1 aliphatic heterocycles. The quantitative estimate of drug-likeness (QED) is 0.794. The maximum Gasteiger partial charge on any atom is 0.302 e. The number of likely N-dealkylation sites (N-methyl/N-ethyl adjacent to an activating group) is 1. The fourth-order valence-corrected chi connectivity index (χ4v) is 2.92. The largest absolute Gasteiger partial charge is 0.463 e. The number of carbonyl (C=O) groups is 2. The summed E-state index contributed by atoms with van der Waals surface area (Å²) in [5, 5.41) is 0.557. The number of anilines is 1. The summed E-state index contributed by atoms with van der Waals surface area (Å²) < 4.78 is 5.04. The van der Waals surface area contributed by atoms with Crippen molar-refractivity contribution in [3.05, 3.63) is 64.7 Å². The van der Waals surface area contributed by atoms with E-state index < -0.39 is 12.0 Å². The van der Waals surface area contributed by atoms with E-state index in [9.17, 15) is 9.59 Å². The first kappa shape index (κ1) is 17.2. The summed E-state index contributed by atoms with van der Waals surface area (Å²) in [5.41, 5.74) is 2.98. The number of benzene rings is 2. The second kappa shape index (κ2) is 7.07. The van der Waals surface area contributed by atoms with Crippen molar-refractivity contribution in [3.8, 4) is 0 Å². The Bertz CT molecular complexity index is 849. The Morgan fingerprint density at radius 3 is 2.64 bits per heavy atom. The molecule has 6 heteroatoms. The molecule has 0 aromatic heterocycles. The number of halogens is 1. The second-order valence-corrected chi connectivity index (χ2v) is 6.16. The number of amides is 1. The maximum absolute atomic E-state index is 12.8. The SMILES string of the molecule is CC(=O)OCC1N=C(c2ccccc2)c2cc(Cl)ccc2N(C)C1=O. The van der Waals surface area contributed by atoms with Crippen LogP contribution in [0.25, 0.3) is 0 Å². The highest BCUT2D eigenvalue weighted by molar-refractivity contribution is 6.32. The van der Waals surface area contributed by atoms with Crippen molar-refractivity contribution in [2.45, 2.75) is 13.0 Å². The molecule has 0 bridgehead atoms. The number of hydrogen-bond acceptors (Lipinski definition) is 4. The van der Waals surface area contributed by atoms with Gasteiger partial charge >= 0.3 is 5.97 Å². The van der Waals surface area contributed by atoms with Crippen LogP contribution in [0.2, 0.25) is 5.02 Å². The van der Waals surface area contributed by atoms with Gasteiger partial charge in [-0.05, 0) is 18.2 Å². The number of ether oxygens (including phenoxy) is 1. The summed E-state index contributed by atoms with van der Waals surface area (Å²) in [6.07, 6.45) is 0. The van der Waals surface area contributed by atoms with Crippen LogP contribution in [0.1, 0.15) is 18.1 Å². The lowest BCUT2D eigenvalue weighted by Crippen LogP contribution is -2.37. The smallest absolute Gasteiger partial charge is 0.302 e. The van der Waals surface area contributed by atoms with E-state index in [4.69, 9.17) is 16.3 Å². The van der Waals surface area contributed by atoms with Gasteiger partial charge in [0.05, 0.1) is 11.4 Å². The lowest BCUT2D eigenvalue weighted by Gasteiger charge is -2.20. The van der Waals surface area contributed by atoms with Gasteiger partial charge in [0, 0.05) is 30.1 Å². The molecule has 1 amide bonds. The predicted molar refractivity (Wildman–Crippen MR) is 97.4 cm³/mol. The Labute approximate surface area is 150 Å². The van der Waals surface area contributed by atoms with E-state index in [1.54, 1.807) is 25.2 Å². The normalized spacial score (nSPS) is 16.8. The van der Waals surface area contributed by atoms with Gasteiger partial charge in [-0.2, -0.15) is 0 Å². The summed E-state index contributed by atoms with van der Waals surface area (Å²) in [4.78, 5) is 30.1. The van der Waals surface area contributed by atoms with Crippen LogP contribution < -0.4 is 4.90 Å². The Hall–Kier alpha value is -2.66. The lowest BCUT2D eigenvalue weighted by molar-refractivity contribution is -0.142. The number of hydrogen-bond donors (Lipinski definition) is 0. The van der Waals surface area contributed by atoms with Gasteiger partial charge in [-0.3, -0.25) is 14.6 Å². The van der Waals surface area contributed by atoms with Crippen LogP contribution in [0, 0.1) is 0 Å². The van der Waals surface area contributed by atoms with Crippen LogP contribution in [-0.4, -0.2) is 37.3 Å². The molecule has 0 saturated carbocycles. The molecule has 0 saturated heterocycles. The second-order valence-electron chi connectivity index (χ2n) is 5.72. The summed E-state index contributed by atoms with van der Waals surface area (Å²) >= 11 is 6.18. The fraction of sp³-hybridized carbons (Fsp3) is 0.211. The molecule has 0 fully saturated rings. The monoisotopic (exact) mass is 356 g/mol. The average Bonchev–Trinajstić information content (AvgIpc) is 2.70. The Balaban J connectivity index is 2.16. The van der Waals surface area contributed by atoms with Crippen molar-refractivity contribution >= 4 is 34.9 Å². The third-order valence-corrected chi connectivity index (χ3v) is 4.20. The fourth-order valence-electron chi connectivity index (χ4n) is 2.74. The number of benzodiazepines with no additional fused rings is 1. The molecule has 1 heterocycles. The van der Waals surface area contributed by atoms with Gasteiger partial charge in [0.15, 0.2) is 6.04 Å². The molecule has 1 aliphatic rings. The summed E-state index contributed by atoms with van der Waals surface area (Å²) in [6, 6.07) is 14.1. The molecule has 1 atom stereocenters. The van der Waals surface area contributed by atoms with Crippen LogP contribution in [0.5, 0.6) is 0 Å². The molecular weight excluding hydrogens is 340 g/mol. The molecule has 1 unspecified atom stereocenters. The first-order chi connectivity index (χ1) is 12.0. The van der Waals surface area contributed by atoms with E-state index in [0.717, 1.165) is 11.1 Å². The van der Waals surface area contributed by atoms with Crippen molar-refractivity contribution < 1.29 is 14.3 Å². The van der Waals surface area contributed by atoms with Gasteiger partial charge in [-0.15, -0.1) is 0 Å². The van der Waals surface area contributed by atoms with E-state index in [1.165, 1.54) is 11.8 Å². The van der Waals surface area contributed by atoms with Crippen LogP contribution in [0.4, 0.5) is 5.69 Å². The van der Waals surface area contributed by atoms with Crippen LogP contribution in [0.15, 0.2) is 53.5 Å². The molecule has 2 aromatic carbocycles. The van der Waals surface area contributed by atoms with E-state index in [0.29, 0.717) is 16.4 Å². The zero-order valence-electron chi connectivity index (χ0n) is 13.9. The van der Waals surface area contributed by atoms with Gasteiger partial charge in [-0.1, -0.05) is 41.9 Å². The average molecular weight is 357 g/mol. The molecule has 0 radical (unpaired) electrons. The van der Waals surface area contributed by atoms with Crippen molar-refractivity contribution in [1.29, 1.82) is 0 Å². The van der Waals surface area contributed by atoms with Crippen molar-refractivity contribution in [2.75, 3.05) is 18.6 Å². The van der Waals surface area contributed by atoms with Gasteiger partial charge in [0.2, 0.25) is 0 Å². The van der Waals surface area contributed by atoms with Gasteiger partial charge in [0.25, 0.3) is 5.91 Å². The van der Waals surface area contributed by atoms with E-state index in [2.05, 4.69) is 4.99 Å². The van der Waals surface area contributed by atoms with Crippen molar-refractivity contribution in [3.63, 3.8) is 0 Å². The maximum atomic E-state index is 12.8. The van der Waals surface area contributed by atoms with Crippen LogP contribution in [-0.2, 0) is 14.3 Å². The van der Waals surface area contributed by atoms with E-state index >= 15 is 0 Å².